The van der Waals surface area contributed by atoms with Crippen LogP contribution in [0.2, 0.25) is 0 Å². The van der Waals surface area contributed by atoms with Crippen LogP contribution in [-0.2, 0) is 9.59 Å². The fourth-order valence-corrected chi connectivity index (χ4v) is 3.33. The van der Waals surface area contributed by atoms with Crippen LogP contribution in [-0.4, -0.2) is 26.5 Å². The van der Waals surface area contributed by atoms with Crippen LogP contribution in [0.25, 0.3) is 11.1 Å². The van der Waals surface area contributed by atoms with E-state index >= 15 is 0 Å². The third kappa shape index (κ3) is 3.50. The zero-order valence-corrected chi connectivity index (χ0v) is 15.8. The topological polar surface area (TPSA) is 119 Å². The third-order valence-corrected chi connectivity index (χ3v) is 4.86. The molecule has 30 heavy (non-hydrogen) atoms. The van der Waals surface area contributed by atoms with Gasteiger partial charge in [0, 0.05) is 23.4 Å². The second kappa shape index (κ2) is 7.39. The van der Waals surface area contributed by atoms with E-state index in [4.69, 9.17) is 0 Å². The number of carbonyl (C=O) groups excluding carboxylic acids is 2. The van der Waals surface area contributed by atoms with Crippen LogP contribution in [0.3, 0.4) is 0 Å². The number of halogens is 1. The molecule has 0 saturated heterocycles. The first-order chi connectivity index (χ1) is 14.3. The molecule has 2 aromatic carbocycles. The van der Waals surface area contributed by atoms with Gasteiger partial charge in [-0.05, 0) is 36.2 Å². The number of nitrogens with zero attached hydrogens (tertiary/aromatic N) is 3. The molecule has 0 spiro atoms. The average Bonchev–Trinajstić information content (AvgIpc) is 3.23. The molecule has 1 atom stereocenters. The van der Waals surface area contributed by atoms with Crippen molar-refractivity contribution in [1.29, 1.82) is 0 Å². The van der Waals surface area contributed by atoms with Crippen LogP contribution in [0, 0.1) is 22.9 Å². The standard InChI is InChI=1S/C20H16FN5O4/c1-11-8-14(26(29)30)6-7-16(11)23-18(27)9-17-20(28)24-19-15(10-22-25(17)19)12-2-4-13(21)5-3-12/h2-8,10,17H,9H2,1H3,(H,23,27)(H,24,28). The number of rotatable bonds is 5. The van der Waals surface area contributed by atoms with Crippen molar-refractivity contribution < 1.29 is 18.9 Å². The van der Waals surface area contributed by atoms with Gasteiger partial charge in [0.1, 0.15) is 17.7 Å². The molecule has 3 aromatic rings. The molecule has 0 radical (unpaired) electrons. The first kappa shape index (κ1) is 19.2. The van der Waals surface area contributed by atoms with E-state index in [9.17, 15) is 24.1 Å². The zero-order chi connectivity index (χ0) is 21.4. The summed E-state index contributed by atoms with van der Waals surface area (Å²) in [5.74, 6) is -0.741. The van der Waals surface area contributed by atoms with Crippen molar-refractivity contribution in [2.45, 2.75) is 19.4 Å². The Kier molecular flexibility index (Phi) is 4.74. The van der Waals surface area contributed by atoms with E-state index in [0.717, 1.165) is 0 Å². The van der Waals surface area contributed by atoms with Gasteiger partial charge in [0.15, 0.2) is 0 Å². The Morgan fingerprint density at radius 3 is 2.70 bits per heavy atom. The molecular weight excluding hydrogens is 393 g/mol. The largest absolute Gasteiger partial charge is 0.326 e. The predicted molar refractivity (Wildman–Crippen MR) is 106 cm³/mol. The lowest BCUT2D eigenvalue weighted by Crippen LogP contribution is -2.23. The van der Waals surface area contributed by atoms with Crippen molar-refractivity contribution in [3.63, 3.8) is 0 Å². The second-order valence-electron chi connectivity index (χ2n) is 6.87. The van der Waals surface area contributed by atoms with Gasteiger partial charge in [-0.2, -0.15) is 5.10 Å². The predicted octanol–water partition coefficient (Wildman–Crippen LogP) is 3.43. The summed E-state index contributed by atoms with van der Waals surface area (Å²) < 4.78 is 14.6. The summed E-state index contributed by atoms with van der Waals surface area (Å²) in [5.41, 5.74) is 2.20. The Bertz CT molecular complexity index is 1170. The molecule has 0 fully saturated rings. The molecule has 0 saturated carbocycles. The summed E-state index contributed by atoms with van der Waals surface area (Å²) in [6.45, 7) is 1.64. The quantitative estimate of drug-likeness (QED) is 0.494. The summed E-state index contributed by atoms with van der Waals surface area (Å²) in [6, 6.07) is 9.05. The first-order valence-corrected chi connectivity index (χ1v) is 9.02. The highest BCUT2D eigenvalue weighted by Gasteiger charge is 2.35. The van der Waals surface area contributed by atoms with Crippen LogP contribution in [0.15, 0.2) is 48.7 Å². The molecule has 9 nitrogen and oxygen atoms in total. The number of nitro benzene ring substituents is 1. The molecule has 10 heteroatoms. The van der Waals surface area contributed by atoms with Gasteiger partial charge in [0.2, 0.25) is 5.91 Å². The van der Waals surface area contributed by atoms with Crippen molar-refractivity contribution in [3.05, 3.63) is 70.2 Å². The normalized spacial score (nSPS) is 14.9. The maximum atomic E-state index is 13.2. The summed E-state index contributed by atoms with van der Waals surface area (Å²) in [7, 11) is 0. The molecule has 0 bridgehead atoms. The Hall–Kier alpha value is -4.08. The summed E-state index contributed by atoms with van der Waals surface area (Å²) in [5, 5.41) is 20.5. The van der Waals surface area contributed by atoms with Crippen LogP contribution < -0.4 is 10.6 Å². The molecule has 2 N–H and O–H groups in total. The smallest absolute Gasteiger partial charge is 0.269 e. The molecule has 1 aliphatic heterocycles. The minimum atomic E-state index is -0.840. The number of hydrogen-bond donors (Lipinski definition) is 2. The summed E-state index contributed by atoms with van der Waals surface area (Å²) in [4.78, 5) is 35.2. The lowest BCUT2D eigenvalue weighted by Gasteiger charge is -2.11. The number of aromatic nitrogens is 2. The minimum absolute atomic E-state index is 0.0739. The number of carbonyl (C=O) groups is 2. The fourth-order valence-electron chi connectivity index (χ4n) is 3.33. The number of amides is 2. The van der Waals surface area contributed by atoms with Crippen LogP contribution in [0.1, 0.15) is 18.0 Å². The van der Waals surface area contributed by atoms with E-state index in [1.807, 2.05) is 0 Å². The summed E-state index contributed by atoms with van der Waals surface area (Å²) >= 11 is 0. The molecule has 1 unspecified atom stereocenters. The van der Waals surface area contributed by atoms with Crippen molar-refractivity contribution in [2.24, 2.45) is 0 Å². The monoisotopic (exact) mass is 409 g/mol. The number of aryl methyl sites for hydroxylation is 1. The number of nitrogens with one attached hydrogen (secondary N) is 2. The van der Waals surface area contributed by atoms with Crippen LogP contribution in [0.4, 0.5) is 21.6 Å². The van der Waals surface area contributed by atoms with Crippen LogP contribution in [0.5, 0.6) is 0 Å². The van der Waals surface area contributed by atoms with E-state index in [-0.39, 0.29) is 23.8 Å². The molecule has 1 aliphatic rings. The SMILES string of the molecule is Cc1cc([N+](=O)[O-])ccc1NC(=O)CC1C(=O)Nc2c(-c3ccc(F)cc3)cnn21. The molecule has 4 rings (SSSR count). The van der Waals surface area contributed by atoms with Crippen molar-refractivity contribution in [1.82, 2.24) is 9.78 Å². The second-order valence-corrected chi connectivity index (χ2v) is 6.87. The van der Waals surface area contributed by atoms with E-state index in [2.05, 4.69) is 15.7 Å². The molecule has 1 aromatic heterocycles. The van der Waals surface area contributed by atoms with E-state index in [1.165, 1.54) is 35.0 Å². The minimum Gasteiger partial charge on any atom is -0.326 e. The fraction of sp³-hybridized carbons (Fsp3) is 0.150. The number of non-ortho nitro benzene ring substituents is 1. The van der Waals surface area contributed by atoms with Crippen LogP contribution >= 0.6 is 0 Å². The van der Waals surface area contributed by atoms with Gasteiger partial charge < -0.3 is 10.6 Å². The molecule has 2 amide bonds. The Labute approximate surface area is 169 Å². The van der Waals surface area contributed by atoms with Gasteiger partial charge in [-0.25, -0.2) is 9.07 Å². The number of benzene rings is 2. The van der Waals surface area contributed by atoms with Gasteiger partial charge in [-0.3, -0.25) is 19.7 Å². The number of hydrogen-bond acceptors (Lipinski definition) is 5. The Morgan fingerprint density at radius 2 is 2.03 bits per heavy atom. The van der Waals surface area contributed by atoms with E-state index in [0.29, 0.717) is 28.2 Å². The third-order valence-electron chi connectivity index (χ3n) is 4.86. The molecule has 152 valence electrons. The lowest BCUT2D eigenvalue weighted by molar-refractivity contribution is -0.384. The molecule has 2 heterocycles. The number of anilines is 2. The maximum Gasteiger partial charge on any atom is 0.269 e. The number of fused-ring (bicyclic) bond motifs is 1. The van der Waals surface area contributed by atoms with Gasteiger partial charge in [0.05, 0.1) is 17.5 Å². The molecular formula is C20H16FN5O4. The first-order valence-electron chi connectivity index (χ1n) is 9.02. The Balaban J connectivity index is 1.51. The highest BCUT2D eigenvalue weighted by Crippen LogP contribution is 2.35. The van der Waals surface area contributed by atoms with Crippen molar-refractivity contribution in [3.8, 4) is 11.1 Å². The van der Waals surface area contributed by atoms with Gasteiger partial charge in [-0.1, -0.05) is 12.1 Å². The average molecular weight is 409 g/mol. The van der Waals surface area contributed by atoms with Crippen molar-refractivity contribution in [2.75, 3.05) is 10.6 Å². The highest BCUT2D eigenvalue weighted by molar-refractivity contribution is 6.04. The summed E-state index contributed by atoms with van der Waals surface area (Å²) in [6.07, 6.45) is 1.38. The van der Waals surface area contributed by atoms with E-state index < -0.39 is 16.9 Å². The van der Waals surface area contributed by atoms with Gasteiger partial charge in [0.25, 0.3) is 11.6 Å². The van der Waals surface area contributed by atoms with Gasteiger partial charge >= 0.3 is 0 Å². The highest BCUT2D eigenvalue weighted by atomic mass is 19.1. The van der Waals surface area contributed by atoms with Crippen molar-refractivity contribution >= 4 is 29.0 Å². The van der Waals surface area contributed by atoms with E-state index in [1.54, 1.807) is 25.3 Å². The Morgan fingerprint density at radius 1 is 1.30 bits per heavy atom. The van der Waals surface area contributed by atoms with Gasteiger partial charge in [-0.15, -0.1) is 0 Å². The molecule has 0 aliphatic carbocycles. The number of nitro groups is 1. The zero-order valence-electron chi connectivity index (χ0n) is 15.8. The maximum absolute atomic E-state index is 13.2. The lowest BCUT2D eigenvalue weighted by atomic mass is 10.1.